The van der Waals surface area contributed by atoms with E-state index in [1.165, 1.54) is 0 Å². The fourth-order valence-electron chi connectivity index (χ4n) is 3.83. The highest BCUT2D eigenvalue weighted by atomic mass is 16.8. The first-order valence-electron chi connectivity index (χ1n) is 10.4. The van der Waals surface area contributed by atoms with Crippen molar-refractivity contribution in [1.82, 2.24) is 0 Å². The van der Waals surface area contributed by atoms with E-state index in [2.05, 4.69) is 5.32 Å². The summed E-state index contributed by atoms with van der Waals surface area (Å²) < 4.78 is 16.2. The number of hydrogen-bond acceptors (Lipinski definition) is 14. The summed E-state index contributed by atoms with van der Waals surface area (Å²) >= 11 is 0. The van der Waals surface area contributed by atoms with Gasteiger partial charge in [0, 0.05) is 17.8 Å². The molecule has 0 spiro atoms. The van der Waals surface area contributed by atoms with Crippen LogP contribution in [0.1, 0.15) is 10.4 Å². The van der Waals surface area contributed by atoms with Gasteiger partial charge in [-0.3, -0.25) is 0 Å². The molecule has 0 amide bonds. The number of carboxylic acids is 1. The summed E-state index contributed by atoms with van der Waals surface area (Å²) in [5, 5.41) is 101. The van der Waals surface area contributed by atoms with Crippen LogP contribution < -0.4 is 10.5 Å². The van der Waals surface area contributed by atoms with E-state index in [1.54, 1.807) is 0 Å². The summed E-state index contributed by atoms with van der Waals surface area (Å²) in [5.41, 5.74) is -0.829. The van der Waals surface area contributed by atoms with Gasteiger partial charge in [-0.05, 0) is 6.07 Å². The van der Waals surface area contributed by atoms with E-state index in [-0.39, 0.29) is 16.9 Å². The van der Waals surface area contributed by atoms with Gasteiger partial charge in [-0.25, -0.2) is 10.0 Å². The first kappa shape index (κ1) is 27.6. The molecule has 0 aromatic heterocycles. The quantitative estimate of drug-likeness (QED) is 0.147. The van der Waals surface area contributed by atoms with Gasteiger partial charge in [-0.2, -0.15) is 5.23 Å². The van der Waals surface area contributed by atoms with Gasteiger partial charge < -0.3 is 65.6 Å². The molecule has 0 radical (unpaired) electrons. The number of carbonyl (C=O) groups is 1. The third-order valence-electron chi connectivity index (χ3n) is 5.74. The molecule has 198 valence electrons. The molecule has 2 heterocycles. The lowest BCUT2D eigenvalue weighted by molar-refractivity contribution is -0.991. The molecule has 2 saturated heterocycles. The lowest BCUT2D eigenvalue weighted by Crippen LogP contribution is -2.99. The van der Waals surface area contributed by atoms with E-state index < -0.39 is 85.8 Å². The first-order chi connectivity index (χ1) is 16.5. The molecule has 16 nitrogen and oxygen atoms in total. The van der Waals surface area contributed by atoms with Gasteiger partial charge in [0.05, 0.1) is 18.8 Å². The van der Waals surface area contributed by atoms with Crippen molar-refractivity contribution in [2.24, 2.45) is 0 Å². The molecule has 2 aliphatic heterocycles. The van der Waals surface area contributed by atoms with E-state index in [4.69, 9.17) is 14.2 Å². The highest BCUT2D eigenvalue weighted by Crippen LogP contribution is 2.30. The minimum absolute atomic E-state index is 0.0801. The number of hydrogen-bond donors (Lipinski definition) is 11. The Kier molecular flexibility index (Phi) is 8.94. The topological polar surface area (TPSA) is 266 Å². The van der Waals surface area contributed by atoms with Crippen LogP contribution in [-0.4, -0.2) is 127 Å². The van der Waals surface area contributed by atoms with Crippen LogP contribution in [0.25, 0.3) is 0 Å². The van der Waals surface area contributed by atoms with Crippen LogP contribution >= 0.6 is 0 Å². The van der Waals surface area contributed by atoms with Gasteiger partial charge in [0.2, 0.25) is 0 Å². The number of benzene rings is 1. The number of aromatic carboxylic acids is 1. The average Bonchev–Trinajstić information content (AvgIpc) is 2.83. The molecule has 1 aromatic carbocycles. The Bertz CT molecular complexity index is 870. The number of ether oxygens (including phenoxy) is 3. The third kappa shape index (κ3) is 5.87. The maximum atomic E-state index is 11.3. The number of aliphatic hydroxyl groups excluding tert-OH is 7. The molecular weight excluding hydrogens is 480 g/mol. The van der Waals surface area contributed by atoms with Gasteiger partial charge in [-0.15, -0.1) is 0 Å². The lowest BCUT2D eigenvalue weighted by Gasteiger charge is -2.46. The van der Waals surface area contributed by atoms with Crippen LogP contribution in [0.2, 0.25) is 0 Å². The summed E-state index contributed by atoms with van der Waals surface area (Å²) in [7, 11) is 0. The van der Waals surface area contributed by atoms with E-state index in [0.717, 1.165) is 18.2 Å². The zero-order valence-corrected chi connectivity index (χ0v) is 18.0. The Balaban J connectivity index is 1.77. The smallest absolute Gasteiger partial charge is 0.335 e. The van der Waals surface area contributed by atoms with Gasteiger partial charge in [-0.1, -0.05) is 0 Å². The predicted molar refractivity (Wildman–Crippen MR) is 109 cm³/mol. The molecule has 11 N–H and O–H groups in total. The van der Waals surface area contributed by atoms with Crippen molar-refractivity contribution >= 4 is 17.3 Å². The second kappa shape index (κ2) is 11.4. The minimum Gasteiger partial charge on any atom is -0.595 e. The van der Waals surface area contributed by atoms with Gasteiger partial charge in [0.1, 0.15) is 48.8 Å². The second-order valence-corrected chi connectivity index (χ2v) is 8.11. The Hall–Kier alpha value is -2.03. The minimum atomic E-state index is -1.82. The predicted octanol–water partition coefficient (Wildman–Crippen LogP) is -5.18. The van der Waals surface area contributed by atoms with E-state index >= 15 is 0 Å². The van der Waals surface area contributed by atoms with Crippen molar-refractivity contribution in [2.75, 3.05) is 18.5 Å². The van der Waals surface area contributed by atoms with Crippen LogP contribution in [0.3, 0.4) is 0 Å². The molecule has 3 rings (SSSR count). The number of quaternary nitrogens is 1. The second-order valence-electron chi connectivity index (χ2n) is 8.11. The highest BCUT2D eigenvalue weighted by Gasteiger charge is 2.50. The molecule has 11 atom stereocenters. The molecule has 2 fully saturated rings. The molecule has 2 aliphatic rings. The molecule has 0 bridgehead atoms. The monoisotopic (exact) mass is 508 g/mol. The zero-order chi connectivity index (χ0) is 26.0. The van der Waals surface area contributed by atoms with Crippen LogP contribution in [0, 0.1) is 5.21 Å². The van der Waals surface area contributed by atoms with E-state index in [9.17, 15) is 56.1 Å². The normalized spacial score (nSPS) is 38.7. The third-order valence-corrected chi connectivity index (χ3v) is 5.74. The summed E-state index contributed by atoms with van der Waals surface area (Å²) in [4.78, 5) is 11.3. The summed E-state index contributed by atoms with van der Waals surface area (Å²) in [6.45, 7) is -1.51. The van der Waals surface area contributed by atoms with Crippen molar-refractivity contribution in [2.45, 2.75) is 61.3 Å². The SMILES string of the molecule is O=C(O)c1cc(NC2OC(CO)C(OC3OC(CO)C(O)C(O)C3O)C(O)C2O)cc([NH+]([O-])O)c1. The number of rotatable bonds is 8. The van der Waals surface area contributed by atoms with Crippen LogP contribution in [-0.2, 0) is 14.2 Å². The highest BCUT2D eigenvalue weighted by molar-refractivity contribution is 5.90. The van der Waals surface area contributed by atoms with E-state index in [1.807, 2.05) is 0 Å². The van der Waals surface area contributed by atoms with Crippen molar-refractivity contribution in [3.05, 3.63) is 29.0 Å². The fourth-order valence-corrected chi connectivity index (χ4v) is 3.83. The molecule has 35 heavy (non-hydrogen) atoms. The maximum absolute atomic E-state index is 11.3. The molecule has 11 unspecified atom stereocenters. The Morgan fingerprint density at radius 2 is 1.60 bits per heavy atom. The van der Waals surface area contributed by atoms with Crippen molar-refractivity contribution < 1.29 is 70.3 Å². The van der Waals surface area contributed by atoms with Crippen LogP contribution in [0.15, 0.2) is 18.2 Å². The standard InChI is InChI=1S/C19H28N2O14/c22-4-9-11(24)12(25)15(28)19(34-9)35-16-10(5-23)33-17(14(27)13(16)26)20-7-1-6(18(29)30)2-8(3-7)21(31)32/h1-3,9-17,19-28,31H,4-5H2,(H,29,30). The number of nitrogens with one attached hydrogen (secondary N) is 2. The van der Waals surface area contributed by atoms with Crippen LogP contribution in [0.4, 0.5) is 11.4 Å². The van der Waals surface area contributed by atoms with E-state index in [0.29, 0.717) is 0 Å². The van der Waals surface area contributed by atoms with Crippen molar-refractivity contribution in [3.63, 3.8) is 0 Å². The number of anilines is 1. The average molecular weight is 508 g/mol. The Morgan fingerprint density at radius 3 is 2.17 bits per heavy atom. The molecular formula is C19H28N2O14. The lowest BCUT2D eigenvalue weighted by atomic mass is 9.96. The van der Waals surface area contributed by atoms with Crippen LogP contribution in [0.5, 0.6) is 0 Å². The molecule has 0 saturated carbocycles. The first-order valence-corrected chi connectivity index (χ1v) is 10.4. The molecule has 0 aliphatic carbocycles. The Labute approximate surface area is 197 Å². The summed E-state index contributed by atoms with van der Waals surface area (Å²) in [6.07, 6.45) is -16.2. The molecule has 1 aromatic rings. The zero-order valence-electron chi connectivity index (χ0n) is 18.0. The van der Waals surface area contributed by atoms with Gasteiger partial charge in [0.15, 0.2) is 18.2 Å². The van der Waals surface area contributed by atoms with Crippen molar-refractivity contribution in [3.8, 4) is 0 Å². The van der Waals surface area contributed by atoms with Gasteiger partial charge >= 0.3 is 5.97 Å². The number of aliphatic hydroxyl groups is 7. The largest absolute Gasteiger partial charge is 0.595 e. The number of carboxylic acid groups (broad SMARTS) is 1. The van der Waals surface area contributed by atoms with Gasteiger partial charge in [0.25, 0.3) is 0 Å². The fraction of sp³-hybridized carbons (Fsp3) is 0.632. The summed E-state index contributed by atoms with van der Waals surface area (Å²) in [6, 6.07) is 3.06. The molecule has 16 heteroatoms. The Morgan fingerprint density at radius 1 is 0.943 bits per heavy atom. The summed E-state index contributed by atoms with van der Waals surface area (Å²) in [5.74, 6) is -1.41. The maximum Gasteiger partial charge on any atom is 0.335 e. The van der Waals surface area contributed by atoms with Crippen molar-refractivity contribution in [1.29, 1.82) is 0 Å².